The number of carbonyl (C=O) groups is 3. The Morgan fingerprint density at radius 3 is 2.61 bits per heavy atom. The highest BCUT2D eigenvalue weighted by atomic mass is 19.1. The molecule has 2 aromatic rings. The SMILES string of the molecule is COc1cc(C#N)ccc1CN1CCN(c2cc3c(cc2F)C(=O)N(C2CCC(=O)NC2=O)C3)CC1. The number of ether oxygens (including phenoxy) is 1. The number of nitriles is 1. The van der Waals surface area contributed by atoms with Gasteiger partial charge in [-0.15, -0.1) is 0 Å². The van der Waals surface area contributed by atoms with Crippen LogP contribution in [-0.2, 0) is 22.7 Å². The maximum atomic E-state index is 15.1. The van der Waals surface area contributed by atoms with Gasteiger partial charge in [-0.25, -0.2) is 4.39 Å². The van der Waals surface area contributed by atoms with Crippen LogP contribution in [0.25, 0.3) is 0 Å². The topological polar surface area (TPSA) is 106 Å². The molecule has 0 bridgehead atoms. The van der Waals surface area contributed by atoms with Crippen LogP contribution in [0.1, 0.15) is 39.9 Å². The van der Waals surface area contributed by atoms with Crippen LogP contribution in [0.2, 0.25) is 0 Å². The van der Waals surface area contributed by atoms with E-state index in [-0.39, 0.29) is 36.8 Å². The Labute approximate surface area is 208 Å². The second-order valence-electron chi connectivity index (χ2n) is 9.26. The number of piperazine rings is 1. The largest absolute Gasteiger partial charge is 0.496 e. The maximum Gasteiger partial charge on any atom is 0.255 e. The molecular weight excluding hydrogens is 465 g/mol. The Morgan fingerprint density at radius 2 is 1.92 bits per heavy atom. The van der Waals surface area contributed by atoms with Gasteiger partial charge in [0.15, 0.2) is 0 Å². The first-order valence-corrected chi connectivity index (χ1v) is 11.9. The van der Waals surface area contributed by atoms with Gasteiger partial charge >= 0.3 is 0 Å². The van der Waals surface area contributed by atoms with Gasteiger partial charge in [0.05, 0.1) is 24.4 Å². The Morgan fingerprint density at radius 1 is 1.14 bits per heavy atom. The number of fused-ring (bicyclic) bond motifs is 1. The summed E-state index contributed by atoms with van der Waals surface area (Å²) in [6, 6.07) is 9.77. The van der Waals surface area contributed by atoms with E-state index >= 15 is 4.39 Å². The molecule has 0 spiro atoms. The minimum Gasteiger partial charge on any atom is -0.496 e. The molecule has 2 aromatic carbocycles. The van der Waals surface area contributed by atoms with Crippen LogP contribution in [-0.4, -0.2) is 66.9 Å². The summed E-state index contributed by atoms with van der Waals surface area (Å²) in [4.78, 5) is 42.3. The molecule has 0 aromatic heterocycles. The van der Waals surface area contributed by atoms with Gasteiger partial charge in [0.25, 0.3) is 5.91 Å². The fourth-order valence-electron chi connectivity index (χ4n) is 5.15. The number of amides is 3. The first-order chi connectivity index (χ1) is 17.4. The van der Waals surface area contributed by atoms with Crippen LogP contribution >= 0.6 is 0 Å². The summed E-state index contributed by atoms with van der Waals surface area (Å²) in [5.74, 6) is -0.999. The van der Waals surface area contributed by atoms with E-state index in [1.807, 2.05) is 11.0 Å². The number of benzene rings is 2. The fourth-order valence-corrected chi connectivity index (χ4v) is 5.15. The molecule has 3 aliphatic heterocycles. The minimum absolute atomic E-state index is 0.175. The van der Waals surface area contributed by atoms with Gasteiger partial charge in [0.1, 0.15) is 17.6 Å². The predicted octanol–water partition coefficient (Wildman–Crippen LogP) is 1.79. The molecule has 1 N–H and O–H groups in total. The van der Waals surface area contributed by atoms with Crippen molar-refractivity contribution >= 4 is 23.4 Å². The van der Waals surface area contributed by atoms with E-state index < -0.39 is 17.8 Å². The summed E-state index contributed by atoms with van der Waals surface area (Å²) in [5.41, 5.74) is 2.93. The monoisotopic (exact) mass is 491 g/mol. The lowest BCUT2D eigenvalue weighted by atomic mass is 10.0. The van der Waals surface area contributed by atoms with Crippen LogP contribution in [0.4, 0.5) is 10.1 Å². The van der Waals surface area contributed by atoms with E-state index in [4.69, 9.17) is 10.00 Å². The number of carbonyl (C=O) groups excluding carboxylic acids is 3. The highest BCUT2D eigenvalue weighted by molar-refractivity contribution is 6.05. The van der Waals surface area contributed by atoms with Gasteiger partial charge in [0, 0.05) is 56.8 Å². The first-order valence-electron chi connectivity index (χ1n) is 11.9. The van der Waals surface area contributed by atoms with Crippen molar-refractivity contribution in [2.75, 3.05) is 38.2 Å². The third-order valence-corrected chi connectivity index (χ3v) is 7.11. The summed E-state index contributed by atoms with van der Waals surface area (Å²) in [5, 5.41) is 11.4. The molecule has 3 amide bonds. The zero-order valence-corrected chi connectivity index (χ0v) is 19.9. The van der Waals surface area contributed by atoms with Crippen molar-refractivity contribution in [3.8, 4) is 11.8 Å². The number of nitrogens with one attached hydrogen (secondary N) is 1. The highest BCUT2D eigenvalue weighted by Crippen LogP contribution is 2.33. The number of rotatable bonds is 5. The average molecular weight is 492 g/mol. The zero-order valence-electron chi connectivity index (χ0n) is 19.9. The second kappa shape index (κ2) is 9.59. The lowest BCUT2D eigenvalue weighted by Crippen LogP contribution is -2.52. The molecule has 9 nitrogen and oxygen atoms in total. The van der Waals surface area contributed by atoms with Crippen LogP contribution in [0, 0.1) is 17.1 Å². The van der Waals surface area contributed by atoms with Crippen molar-refractivity contribution in [1.82, 2.24) is 15.1 Å². The molecule has 10 heteroatoms. The lowest BCUT2D eigenvalue weighted by molar-refractivity contribution is -0.136. The molecule has 2 saturated heterocycles. The third kappa shape index (κ3) is 4.38. The molecule has 0 radical (unpaired) electrons. The summed E-state index contributed by atoms with van der Waals surface area (Å²) < 4.78 is 20.6. The Bertz CT molecular complexity index is 1280. The van der Waals surface area contributed by atoms with Gasteiger partial charge in [-0.2, -0.15) is 5.26 Å². The molecule has 0 aliphatic carbocycles. The van der Waals surface area contributed by atoms with Gasteiger partial charge < -0.3 is 14.5 Å². The van der Waals surface area contributed by atoms with Crippen molar-refractivity contribution in [1.29, 1.82) is 5.26 Å². The molecule has 36 heavy (non-hydrogen) atoms. The van der Waals surface area contributed by atoms with Crippen LogP contribution in [0.5, 0.6) is 5.75 Å². The molecule has 186 valence electrons. The molecule has 3 heterocycles. The van der Waals surface area contributed by atoms with Gasteiger partial charge in [0.2, 0.25) is 11.8 Å². The van der Waals surface area contributed by atoms with Crippen molar-refractivity contribution < 1.29 is 23.5 Å². The molecule has 5 rings (SSSR count). The smallest absolute Gasteiger partial charge is 0.255 e. The molecular formula is C26H26FN5O4. The Balaban J connectivity index is 1.26. The number of piperidine rings is 1. The van der Waals surface area contributed by atoms with E-state index in [9.17, 15) is 14.4 Å². The molecule has 1 atom stereocenters. The predicted molar refractivity (Wildman–Crippen MR) is 128 cm³/mol. The number of hydrogen-bond donors (Lipinski definition) is 1. The highest BCUT2D eigenvalue weighted by Gasteiger charge is 2.40. The van der Waals surface area contributed by atoms with Crippen LogP contribution in [0.15, 0.2) is 30.3 Å². The number of hydrogen-bond acceptors (Lipinski definition) is 7. The number of methoxy groups -OCH3 is 1. The van der Waals surface area contributed by atoms with Gasteiger partial charge in [-0.3, -0.25) is 24.6 Å². The minimum atomic E-state index is -0.725. The molecule has 3 aliphatic rings. The fraction of sp³-hybridized carbons (Fsp3) is 0.385. The summed E-state index contributed by atoms with van der Waals surface area (Å²) in [6.45, 7) is 3.51. The summed E-state index contributed by atoms with van der Waals surface area (Å²) in [7, 11) is 1.58. The third-order valence-electron chi connectivity index (χ3n) is 7.11. The number of anilines is 1. The number of imide groups is 1. The number of halogens is 1. The Kier molecular flexibility index (Phi) is 6.33. The molecule has 0 saturated carbocycles. The second-order valence-corrected chi connectivity index (χ2v) is 9.26. The van der Waals surface area contributed by atoms with E-state index in [1.54, 1.807) is 25.3 Å². The number of nitrogens with zero attached hydrogens (tertiary/aromatic N) is 4. The van der Waals surface area contributed by atoms with Crippen molar-refractivity contribution in [2.24, 2.45) is 0 Å². The van der Waals surface area contributed by atoms with Gasteiger partial charge in [-0.05, 0) is 36.2 Å². The standard InChI is InChI=1S/C26H26FN5O4/c1-36-23-10-16(13-28)2-3-17(23)14-30-6-8-31(9-7-30)22-11-18-15-32(26(35)19(18)12-20(22)27)21-4-5-24(33)29-25(21)34/h2-3,10-12,21H,4-9,14-15H2,1H3,(H,29,33,34). The van der Waals surface area contributed by atoms with E-state index in [2.05, 4.69) is 16.3 Å². The first kappa shape index (κ1) is 23.8. The van der Waals surface area contributed by atoms with E-state index in [0.29, 0.717) is 55.3 Å². The maximum absolute atomic E-state index is 15.1. The van der Waals surface area contributed by atoms with Crippen LogP contribution < -0.4 is 15.0 Å². The van der Waals surface area contributed by atoms with Crippen molar-refractivity contribution in [3.05, 3.63) is 58.4 Å². The lowest BCUT2D eigenvalue weighted by Gasteiger charge is -2.36. The summed E-state index contributed by atoms with van der Waals surface area (Å²) in [6.07, 6.45) is 0.445. The summed E-state index contributed by atoms with van der Waals surface area (Å²) >= 11 is 0. The quantitative estimate of drug-likeness (QED) is 0.636. The van der Waals surface area contributed by atoms with E-state index in [1.165, 1.54) is 11.0 Å². The van der Waals surface area contributed by atoms with Gasteiger partial charge in [-0.1, -0.05) is 6.07 Å². The zero-order chi connectivity index (χ0) is 25.4. The Hall–Kier alpha value is -3.97. The molecule has 2 fully saturated rings. The van der Waals surface area contributed by atoms with Crippen LogP contribution in [0.3, 0.4) is 0 Å². The van der Waals surface area contributed by atoms with Crippen molar-refractivity contribution in [2.45, 2.75) is 32.0 Å². The normalized spacial score (nSPS) is 20.2. The van der Waals surface area contributed by atoms with Crippen molar-refractivity contribution in [3.63, 3.8) is 0 Å². The van der Waals surface area contributed by atoms with E-state index in [0.717, 1.165) is 5.56 Å². The molecule has 1 unspecified atom stereocenters. The average Bonchev–Trinajstić information content (AvgIpc) is 3.19.